The number of carboxylic acid groups (broad SMARTS) is 1. The second kappa shape index (κ2) is 6.28. The Kier molecular flexibility index (Phi) is 4.43. The first kappa shape index (κ1) is 15.5. The number of hydrogen-bond donors (Lipinski definition) is 4. The fourth-order valence-electron chi connectivity index (χ4n) is 1.92. The molecule has 0 saturated heterocycles. The number of aliphatic hydroxyl groups is 1. The molecule has 0 aliphatic rings. The van der Waals surface area contributed by atoms with Gasteiger partial charge in [0.25, 0.3) is 5.72 Å². The minimum atomic E-state index is -2.38. The number of carbonyl (C=O) groups is 1. The maximum absolute atomic E-state index is 11.3. The minimum Gasteiger partial charge on any atom is -0.508 e. The quantitative estimate of drug-likeness (QED) is 0.627. The number of rotatable bonds is 5. The van der Waals surface area contributed by atoms with E-state index in [4.69, 9.17) is 0 Å². The molecule has 1 atom stereocenters. The van der Waals surface area contributed by atoms with Crippen molar-refractivity contribution in [2.75, 3.05) is 0 Å². The van der Waals surface area contributed by atoms with E-state index in [0.717, 1.165) is 0 Å². The monoisotopic (exact) mass is 301 g/mol. The van der Waals surface area contributed by atoms with Crippen LogP contribution in [0, 0.1) is 0 Å². The molecule has 0 bridgehead atoms. The molecule has 4 N–H and O–H groups in total. The molecule has 2 aromatic carbocycles. The van der Waals surface area contributed by atoms with E-state index in [9.17, 15) is 25.2 Å². The number of aromatic hydroxyl groups is 2. The van der Waals surface area contributed by atoms with Gasteiger partial charge >= 0.3 is 5.97 Å². The summed E-state index contributed by atoms with van der Waals surface area (Å²) < 4.78 is 0. The van der Waals surface area contributed by atoms with E-state index < -0.39 is 11.7 Å². The summed E-state index contributed by atoms with van der Waals surface area (Å²) in [5.41, 5.74) is -1.80. The topological polar surface area (TPSA) is 110 Å². The average molecular weight is 301 g/mol. The fourth-order valence-corrected chi connectivity index (χ4v) is 1.92. The average Bonchev–Trinajstić information content (AvgIpc) is 2.50. The predicted octanol–water partition coefficient (Wildman–Crippen LogP) is 1.64. The van der Waals surface area contributed by atoms with Gasteiger partial charge in [0.15, 0.2) is 0 Å². The number of nitrogens with zero attached hydrogens (tertiary/aromatic N) is 1. The van der Waals surface area contributed by atoms with Gasteiger partial charge in [-0.25, -0.2) is 9.79 Å². The van der Waals surface area contributed by atoms with Crippen molar-refractivity contribution in [1.82, 2.24) is 0 Å². The number of aliphatic carboxylic acids is 1. The Hall–Kier alpha value is -2.86. The largest absolute Gasteiger partial charge is 0.508 e. The molecule has 22 heavy (non-hydrogen) atoms. The lowest BCUT2D eigenvalue weighted by Gasteiger charge is -2.18. The van der Waals surface area contributed by atoms with Crippen molar-refractivity contribution < 1.29 is 25.2 Å². The van der Waals surface area contributed by atoms with Crippen molar-refractivity contribution >= 4 is 12.2 Å². The van der Waals surface area contributed by atoms with Crippen LogP contribution in [0.2, 0.25) is 0 Å². The standard InChI is InChI=1S/C16H15NO5/c18-13-7-6-11(14(19)10-13)8-9-17-16(22,15(20)21)12-4-2-1-3-5-12/h1-7,9-10,18-19,22H,8H2,(H,20,21)/b17-9+/t16-/m1/s1. The molecule has 0 fully saturated rings. The third kappa shape index (κ3) is 3.24. The maximum Gasteiger partial charge on any atom is 0.364 e. The molecule has 2 rings (SSSR count). The molecule has 0 unspecified atom stereocenters. The van der Waals surface area contributed by atoms with Crippen LogP contribution < -0.4 is 0 Å². The molecule has 0 aliphatic carbocycles. The van der Waals surface area contributed by atoms with Gasteiger partial charge in [0, 0.05) is 24.3 Å². The van der Waals surface area contributed by atoms with Crippen LogP contribution in [0.1, 0.15) is 11.1 Å². The van der Waals surface area contributed by atoms with Gasteiger partial charge in [0.1, 0.15) is 11.5 Å². The van der Waals surface area contributed by atoms with Gasteiger partial charge in [-0.3, -0.25) is 0 Å². The summed E-state index contributed by atoms with van der Waals surface area (Å²) in [5.74, 6) is -1.71. The number of benzene rings is 2. The van der Waals surface area contributed by atoms with E-state index in [1.165, 1.54) is 36.5 Å². The highest BCUT2D eigenvalue weighted by molar-refractivity contribution is 5.81. The lowest BCUT2D eigenvalue weighted by molar-refractivity contribution is -0.158. The SMILES string of the molecule is O=C(O)[C@@](O)(/N=C/Cc1ccc(O)cc1O)c1ccccc1. The molecule has 6 nitrogen and oxygen atoms in total. The van der Waals surface area contributed by atoms with Crippen LogP contribution in [0.15, 0.2) is 53.5 Å². The minimum absolute atomic E-state index is 0.0792. The van der Waals surface area contributed by atoms with E-state index in [0.29, 0.717) is 5.56 Å². The molecule has 114 valence electrons. The van der Waals surface area contributed by atoms with Crippen LogP contribution in [0.3, 0.4) is 0 Å². The van der Waals surface area contributed by atoms with Crippen molar-refractivity contribution in [3.8, 4) is 11.5 Å². The zero-order chi connectivity index (χ0) is 16.2. The highest BCUT2D eigenvalue weighted by Crippen LogP contribution is 2.25. The third-order valence-electron chi connectivity index (χ3n) is 3.13. The Balaban J connectivity index is 2.23. The molecule has 0 heterocycles. The number of hydrogen-bond acceptors (Lipinski definition) is 5. The third-order valence-corrected chi connectivity index (χ3v) is 3.13. The molecular weight excluding hydrogens is 286 g/mol. The van der Waals surface area contributed by atoms with E-state index in [-0.39, 0.29) is 23.5 Å². The number of aliphatic imine (C=N–C) groups is 1. The van der Waals surface area contributed by atoms with Crippen LogP contribution >= 0.6 is 0 Å². The summed E-state index contributed by atoms with van der Waals surface area (Å²) in [6.07, 6.45) is 1.32. The normalized spacial score (nSPS) is 13.9. The zero-order valence-electron chi connectivity index (χ0n) is 11.5. The van der Waals surface area contributed by atoms with E-state index >= 15 is 0 Å². The van der Waals surface area contributed by atoms with Crippen LogP contribution in [-0.4, -0.2) is 32.6 Å². The molecule has 0 saturated carbocycles. The number of phenols is 2. The highest BCUT2D eigenvalue weighted by Gasteiger charge is 2.37. The summed E-state index contributed by atoms with van der Waals surface area (Å²) in [4.78, 5) is 15.1. The van der Waals surface area contributed by atoms with Crippen molar-refractivity contribution in [3.05, 3.63) is 59.7 Å². The van der Waals surface area contributed by atoms with Gasteiger partial charge in [0.05, 0.1) is 0 Å². The molecule has 2 aromatic rings. The predicted molar refractivity (Wildman–Crippen MR) is 79.9 cm³/mol. The van der Waals surface area contributed by atoms with Gasteiger partial charge in [-0.1, -0.05) is 36.4 Å². The summed E-state index contributed by atoms with van der Waals surface area (Å²) in [7, 11) is 0. The first-order chi connectivity index (χ1) is 10.4. The van der Waals surface area contributed by atoms with Crippen molar-refractivity contribution in [2.24, 2.45) is 4.99 Å². The van der Waals surface area contributed by atoms with Crippen LogP contribution in [0.5, 0.6) is 11.5 Å². The van der Waals surface area contributed by atoms with Gasteiger partial charge < -0.3 is 20.4 Å². The molecule has 0 spiro atoms. The molecular formula is C16H15NO5. The van der Waals surface area contributed by atoms with Crippen LogP contribution in [-0.2, 0) is 16.9 Å². The molecule has 0 radical (unpaired) electrons. The first-order valence-corrected chi connectivity index (χ1v) is 6.49. The van der Waals surface area contributed by atoms with Crippen LogP contribution in [0.25, 0.3) is 0 Å². The lowest BCUT2D eigenvalue weighted by atomic mass is 10.0. The Morgan fingerprint density at radius 2 is 1.82 bits per heavy atom. The van der Waals surface area contributed by atoms with Gasteiger partial charge in [-0.05, 0) is 11.6 Å². The van der Waals surface area contributed by atoms with Crippen molar-refractivity contribution in [2.45, 2.75) is 12.1 Å². The van der Waals surface area contributed by atoms with Gasteiger partial charge in [-0.2, -0.15) is 0 Å². The number of carboxylic acids is 1. The second-order valence-corrected chi connectivity index (χ2v) is 4.67. The highest BCUT2D eigenvalue weighted by atomic mass is 16.4. The summed E-state index contributed by atoms with van der Waals surface area (Å²) >= 11 is 0. The Morgan fingerprint density at radius 3 is 2.41 bits per heavy atom. The second-order valence-electron chi connectivity index (χ2n) is 4.67. The summed E-state index contributed by atoms with van der Waals surface area (Å²) in [6.45, 7) is 0. The lowest BCUT2D eigenvalue weighted by Crippen LogP contribution is -2.33. The Bertz CT molecular complexity index is 699. The summed E-state index contributed by atoms with van der Waals surface area (Å²) in [6, 6.07) is 11.9. The molecule has 0 aromatic heterocycles. The van der Waals surface area contributed by atoms with Gasteiger partial charge in [0.2, 0.25) is 0 Å². The number of phenolic OH excluding ortho intramolecular Hbond substituents is 2. The Morgan fingerprint density at radius 1 is 1.14 bits per heavy atom. The zero-order valence-corrected chi connectivity index (χ0v) is 11.5. The fraction of sp³-hybridized carbons (Fsp3) is 0.125. The summed E-state index contributed by atoms with van der Waals surface area (Å²) in [5, 5.41) is 38.3. The smallest absolute Gasteiger partial charge is 0.364 e. The van der Waals surface area contributed by atoms with E-state index in [1.807, 2.05) is 0 Å². The van der Waals surface area contributed by atoms with Gasteiger partial charge in [-0.15, -0.1) is 0 Å². The molecule has 0 aliphatic heterocycles. The maximum atomic E-state index is 11.3. The van der Waals surface area contributed by atoms with Crippen molar-refractivity contribution in [3.63, 3.8) is 0 Å². The Labute approximate surface area is 126 Å². The molecule has 0 amide bonds. The van der Waals surface area contributed by atoms with Crippen molar-refractivity contribution in [1.29, 1.82) is 0 Å². The van der Waals surface area contributed by atoms with E-state index in [2.05, 4.69) is 4.99 Å². The van der Waals surface area contributed by atoms with Crippen LogP contribution in [0.4, 0.5) is 0 Å². The van der Waals surface area contributed by atoms with E-state index in [1.54, 1.807) is 18.2 Å². The molecule has 6 heteroatoms. The first-order valence-electron chi connectivity index (χ1n) is 6.49.